The molecule has 1 heterocycles. The molecule has 0 fully saturated rings. The van der Waals surface area contributed by atoms with Crippen LogP contribution in [-0.2, 0) is 0 Å². The highest BCUT2D eigenvalue weighted by molar-refractivity contribution is 5.42. The summed E-state index contributed by atoms with van der Waals surface area (Å²) < 4.78 is 7.25. The van der Waals surface area contributed by atoms with Gasteiger partial charge in [-0.2, -0.15) is 10.2 Å². The molecule has 0 aliphatic rings. The zero-order valence-corrected chi connectivity index (χ0v) is 11.4. The van der Waals surface area contributed by atoms with Gasteiger partial charge in [-0.25, -0.2) is 4.68 Å². The first kappa shape index (κ1) is 12.9. The van der Waals surface area contributed by atoms with Crippen LogP contribution in [0.4, 0.5) is 0 Å². The Bertz CT molecular complexity index is 803. The molecule has 0 aliphatic carbocycles. The highest BCUT2D eigenvalue weighted by atomic mass is 16.5. The van der Waals surface area contributed by atoms with Gasteiger partial charge in [0.25, 0.3) is 0 Å². The molecule has 5 nitrogen and oxygen atoms in total. The molecule has 0 atom stereocenters. The second kappa shape index (κ2) is 5.47. The molecule has 0 aliphatic heterocycles. The zero-order valence-electron chi connectivity index (χ0n) is 11.4. The molecule has 0 radical (unpaired) electrons. The smallest absolute Gasteiger partial charge is 0.341 e. The predicted molar refractivity (Wildman–Crippen MR) is 77.3 cm³/mol. The van der Waals surface area contributed by atoms with Crippen LogP contribution in [0.15, 0.2) is 54.9 Å². The third-order valence-corrected chi connectivity index (χ3v) is 3.02. The first-order chi connectivity index (χ1) is 10.3. The van der Waals surface area contributed by atoms with Crippen LogP contribution in [0.5, 0.6) is 11.8 Å². The van der Waals surface area contributed by atoms with Crippen molar-refractivity contribution in [2.24, 2.45) is 0 Å². The molecule has 0 saturated carbocycles. The Morgan fingerprint density at radius 1 is 1.14 bits per heavy atom. The van der Waals surface area contributed by atoms with Crippen LogP contribution in [0.3, 0.4) is 0 Å². The monoisotopic (exact) mass is 276 g/mol. The summed E-state index contributed by atoms with van der Waals surface area (Å²) in [6.45, 7) is 1.86. The lowest BCUT2D eigenvalue weighted by Crippen LogP contribution is -1.94. The van der Waals surface area contributed by atoms with E-state index in [-0.39, 0.29) is 6.01 Å². The van der Waals surface area contributed by atoms with Crippen LogP contribution in [0.2, 0.25) is 0 Å². The fraction of sp³-hybridized carbons (Fsp3) is 0.0625. The number of aryl methyl sites for hydroxylation is 1. The van der Waals surface area contributed by atoms with Crippen LogP contribution in [-0.4, -0.2) is 14.8 Å². The largest absolute Gasteiger partial charge is 0.423 e. The van der Waals surface area contributed by atoms with Crippen molar-refractivity contribution in [3.05, 3.63) is 66.0 Å². The van der Waals surface area contributed by atoms with Gasteiger partial charge in [-0.3, -0.25) is 0 Å². The van der Waals surface area contributed by atoms with Gasteiger partial charge in [-0.05, 0) is 42.8 Å². The average molecular weight is 276 g/mol. The standard InChI is InChI=1S/C16H12N4O/c1-12-9-15(8-7-13(12)10-17)21-16-18-11-20(19-16)14-5-3-2-4-6-14/h2-9,11H,1H3. The number of hydrogen-bond acceptors (Lipinski definition) is 4. The number of nitrogens with zero attached hydrogens (tertiary/aromatic N) is 4. The Balaban J connectivity index is 1.82. The van der Waals surface area contributed by atoms with Crippen molar-refractivity contribution in [2.75, 3.05) is 0 Å². The fourth-order valence-corrected chi connectivity index (χ4v) is 1.93. The average Bonchev–Trinajstić information content (AvgIpc) is 2.97. The number of ether oxygens (including phenoxy) is 1. The number of aromatic nitrogens is 3. The van der Waals surface area contributed by atoms with Gasteiger partial charge in [-0.15, -0.1) is 5.10 Å². The Morgan fingerprint density at radius 2 is 1.95 bits per heavy atom. The summed E-state index contributed by atoms with van der Waals surface area (Å²) in [6, 6.07) is 17.3. The summed E-state index contributed by atoms with van der Waals surface area (Å²) in [6.07, 6.45) is 1.60. The second-order valence-corrected chi connectivity index (χ2v) is 4.50. The Labute approximate surface area is 122 Å². The molecule has 0 amide bonds. The molecule has 0 saturated heterocycles. The molecule has 3 rings (SSSR count). The van der Waals surface area contributed by atoms with Gasteiger partial charge in [-0.1, -0.05) is 18.2 Å². The highest BCUT2D eigenvalue weighted by Gasteiger charge is 2.06. The van der Waals surface area contributed by atoms with Crippen LogP contribution in [0.25, 0.3) is 5.69 Å². The minimum atomic E-state index is 0.267. The first-order valence-corrected chi connectivity index (χ1v) is 6.42. The van der Waals surface area contributed by atoms with Crippen LogP contribution < -0.4 is 4.74 Å². The topological polar surface area (TPSA) is 63.7 Å². The van der Waals surface area contributed by atoms with E-state index >= 15 is 0 Å². The summed E-state index contributed by atoms with van der Waals surface area (Å²) >= 11 is 0. The molecular weight excluding hydrogens is 264 g/mol. The molecule has 1 aromatic heterocycles. The summed E-state index contributed by atoms with van der Waals surface area (Å²) in [5.41, 5.74) is 2.40. The van der Waals surface area contributed by atoms with Gasteiger partial charge in [0.2, 0.25) is 0 Å². The molecule has 21 heavy (non-hydrogen) atoms. The number of benzene rings is 2. The lowest BCUT2D eigenvalue weighted by atomic mass is 10.1. The second-order valence-electron chi connectivity index (χ2n) is 4.50. The molecule has 0 spiro atoms. The van der Waals surface area contributed by atoms with E-state index in [1.54, 1.807) is 29.2 Å². The number of nitriles is 1. The normalized spacial score (nSPS) is 10.1. The van der Waals surface area contributed by atoms with Crippen molar-refractivity contribution in [1.82, 2.24) is 14.8 Å². The number of rotatable bonds is 3. The Hall–Kier alpha value is -3.13. The summed E-state index contributed by atoms with van der Waals surface area (Å²) in [4.78, 5) is 4.12. The summed E-state index contributed by atoms with van der Waals surface area (Å²) in [5, 5.41) is 13.2. The maximum absolute atomic E-state index is 8.91. The Kier molecular flexibility index (Phi) is 3.36. The van der Waals surface area contributed by atoms with Crippen molar-refractivity contribution in [3.8, 4) is 23.5 Å². The first-order valence-electron chi connectivity index (χ1n) is 6.42. The van der Waals surface area contributed by atoms with Gasteiger partial charge in [0.1, 0.15) is 12.1 Å². The van der Waals surface area contributed by atoms with Crippen molar-refractivity contribution < 1.29 is 4.74 Å². The highest BCUT2D eigenvalue weighted by Crippen LogP contribution is 2.21. The third kappa shape index (κ3) is 2.74. The predicted octanol–water partition coefficient (Wildman–Crippen LogP) is 3.24. The molecule has 0 N–H and O–H groups in total. The maximum atomic E-state index is 8.91. The van der Waals surface area contributed by atoms with E-state index < -0.39 is 0 Å². The van der Waals surface area contributed by atoms with E-state index in [2.05, 4.69) is 16.2 Å². The summed E-state index contributed by atoms with van der Waals surface area (Å²) in [5.74, 6) is 0.609. The van der Waals surface area contributed by atoms with E-state index in [1.165, 1.54) is 0 Å². The van der Waals surface area contributed by atoms with Crippen LogP contribution in [0.1, 0.15) is 11.1 Å². The SMILES string of the molecule is Cc1cc(Oc2ncn(-c3ccccc3)n2)ccc1C#N. The molecule has 3 aromatic rings. The Morgan fingerprint density at radius 3 is 2.67 bits per heavy atom. The molecule has 2 aromatic carbocycles. The van der Waals surface area contributed by atoms with E-state index in [9.17, 15) is 0 Å². The molecular formula is C16H12N4O. The van der Waals surface area contributed by atoms with E-state index in [0.29, 0.717) is 11.3 Å². The number of hydrogen-bond donors (Lipinski definition) is 0. The van der Waals surface area contributed by atoms with Crippen molar-refractivity contribution >= 4 is 0 Å². The van der Waals surface area contributed by atoms with E-state index in [1.807, 2.05) is 37.3 Å². The minimum Gasteiger partial charge on any atom is -0.423 e. The molecule has 5 heteroatoms. The van der Waals surface area contributed by atoms with Gasteiger partial charge in [0, 0.05) is 0 Å². The summed E-state index contributed by atoms with van der Waals surface area (Å²) in [7, 11) is 0. The van der Waals surface area contributed by atoms with E-state index in [0.717, 1.165) is 11.3 Å². The van der Waals surface area contributed by atoms with Gasteiger partial charge in [0.15, 0.2) is 0 Å². The zero-order chi connectivity index (χ0) is 14.7. The molecule has 0 bridgehead atoms. The molecule has 102 valence electrons. The van der Waals surface area contributed by atoms with Gasteiger partial charge in [0.05, 0.1) is 17.3 Å². The van der Waals surface area contributed by atoms with Gasteiger partial charge < -0.3 is 4.74 Å². The quantitative estimate of drug-likeness (QED) is 0.736. The van der Waals surface area contributed by atoms with Crippen LogP contribution in [0, 0.1) is 18.3 Å². The van der Waals surface area contributed by atoms with Gasteiger partial charge >= 0.3 is 6.01 Å². The lowest BCUT2D eigenvalue weighted by molar-refractivity contribution is 0.441. The van der Waals surface area contributed by atoms with Crippen molar-refractivity contribution in [3.63, 3.8) is 0 Å². The fourth-order valence-electron chi connectivity index (χ4n) is 1.93. The minimum absolute atomic E-state index is 0.267. The van der Waals surface area contributed by atoms with Crippen molar-refractivity contribution in [2.45, 2.75) is 6.92 Å². The number of para-hydroxylation sites is 1. The third-order valence-electron chi connectivity index (χ3n) is 3.02. The van der Waals surface area contributed by atoms with Crippen molar-refractivity contribution in [1.29, 1.82) is 5.26 Å². The van der Waals surface area contributed by atoms with Crippen LogP contribution >= 0.6 is 0 Å². The maximum Gasteiger partial charge on any atom is 0.341 e. The molecule has 0 unspecified atom stereocenters. The lowest BCUT2D eigenvalue weighted by Gasteiger charge is -2.03. The van der Waals surface area contributed by atoms with E-state index in [4.69, 9.17) is 10.00 Å².